The Labute approximate surface area is 137 Å². The standard InChI is InChI=1S/C12H10I2N2O3/c1-2-16-11(18)9(15-12(16)19)5-6-3-7(13)10(17)8(14)4-6/h3-5,17H,2H2,1H3,(H,15,19)/b9-5+. The van der Waals surface area contributed by atoms with E-state index in [-0.39, 0.29) is 17.4 Å². The number of carbonyl (C=O) groups is 2. The molecule has 19 heavy (non-hydrogen) atoms. The Bertz CT molecular complexity index is 576. The number of hydrogen-bond donors (Lipinski definition) is 2. The van der Waals surface area contributed by atoms with Gasteiger partial charge in [0.1, 0.15) is 11.4 Å². The van der Waals surface area contributed by atoms with E-state index in [0.29, 0.717) is 13.7 Å². The molecule has 1 saturated heterocycles. The molecule has 0 unspecified atom stereocenters. The summed E-state index contributed by atoms with van der Waals surface area (Å²) in [4.78, 5) is 24.6. The SMILES string of the molecule is CCN1C(=O)N/C(=C/c2cc(I)c(O)c(I)c2)C1=O. The average Bonchev–Trinajstić information content (AvgIpc) is 2.61. The van der Waals surface area contributed by atoms with Crippen molar-refractivity contribution < 1.29 is 14.7 Å². The molecule has 0 aromatic heterocycles. The number of hydrogen-bond acceptors (Lipinski definition) is 3. The lowest BCUT2D eigenvalue weighted by Crippen LogP contribution is -2.30. The maximum Gasteiger partial charge on any atom is 0.328 e. The number of aromatic hydroxyl groups is 1. The number of phenolic OH excluding ortho intramolecular Hbond substituents is 1. The number of nitrogens with one attached hydrogen (secondary N) is 1. The second-order valence-electron chi connectivity index (χ2n) is 3.87. The Balaban J connectivity index is 2.38. The minimum absolute atomic E-state index is 0.223. The fourth-order valence-corrected chi connectivity index (χ4v) is 3.51. The van der Waals surface area contributed by atoms with Crippen molar-refractivity contribution in [2.75, 3.05) is 6.54 Å². The van der Waals surface area contributed by atoms with Crippen LogP contribution in [0.25, 0.3) is 6.08 Å². The van der Waals surface area contributed by atoms with Gasteiger partial charge >= 0.3 is 6.03 Å². The molecule has 1 aromatic rings. The summed E-state index contributed by atoms with van der Waals surface area (Å²) in [7, 11) is 0. The zero-order valence-electron chi connectivity index (χ0n) is 9.91. The third-order valence-corrected chi connectivity index (χ3v) is 4.27. The predicted molar refractivity (Wildman–Crippen MR) is 87.4 cm³/mol. The highest BCUT2D eigenvalue weighted by Gasteiger charge is 2.31. The first-order valence-corrected chi connectivity index (χ1v) is 7.62. The van der Waals surface area contributed by atoms with Gasteiger partial charge in [-0.05, 0) is 75.9 Å². The minimum atomic E-state index is -0.401. The first-order valence-electron chi connectivity index (χ1n) is 5.46. The predicted octanol–water partition coefficient (Wildman–Crippen LogP) is 2.51. The molecular weight excluding hydrogens is 474 g/mol. The van der Waals surface area contributed by atoms with E-state index in [0.717, 1.165) is 10.5 Å². The average molecular weight is 484 g/mol. The fraction of sp³-hybridized carbons (Fsp3) is 0.167. The highest BCUT2D eigenvalue weighted by molar-refractivity contribution is 14.1. The van der Waals surface area contributed by atoms with Crippen LogP contribution in [0, 0.1) is 7.14 Å². The molecule has 0 atom stereocenters. The Morgan fingerprint density at radius 3 is 2.37 bits per heavy atom. The molecule has 1 fully saturated rings. The summed E-state index contributed by atoms with van der Waals surface area (Å²) in [5.41, 5.74) is 1.01. The minimum Gasteiger partial charge on any atom is -0.506 e. The maximum absolute atomic E-state index is 11.9. The van der Waals surface area contributed by atoms with Gasteiger partial charge in [0, 0.05) is 6.54 Å². The lowest BCUT2D eigenvalue weighted by molar-refractivity contribution is -0.122. The number of rotatable bonds is 2. The van der Waals surface area contributed by atoms with Crippen molar-refractivity contribution in [1.29, 1.82) is 0 Å². The molecule has 2 N–H and O–H groups in total. The molecule has 7 heteroatoms. The summed E-state index contributed by atoms with van der Waals surface area (Å²) < 4.78 is 1.39. The zero-order valence-corrected chi connectivity index (χ0v) is 14.2. The number of phenols is 1. The van der Waals surface area contributed by atoms with Gasteiger partial charge in [-0.15, -0.1) is 0 Å². The van der Waals surface area contributed by atoms with Crippen molar-refractivity contribution in [3.05, 3.63) is 30.5 Å². The highest BCUT2D eigenvalue weighted by atomic mass is 127. The van der Waals surface area contributed by atoms with Gasteiger partial charge in [-0.25, -0.2) is 4.79 Å². The molecule has 1 aliphatic heterocycles. The topological polar surface area (TPSA) is 69.6 Å². The van der Waals surface area contributed by atoms with Crippen LogP contribution >= 0.6 is 45.2 Å². The van der Waals surface area contributed by atoms with E-state index in [1.165, 1.54) is 0 Å². The number of urea groups is 1. The monoisotopic (exact) mass is 484 g/mol. The zero-order chi connectivity index (χ0) is 14.2. The van der Waals surface area contributed by atoms with Crippen LogP contribution in [0.1, 0.15) is 12.5 Å². The molecule has 0 radical (unpaired) electrons. The van der Waals surface area contributed by atoms with Crippen LogP contribution in [0.3, 0.4) is 0 Å². The molecule has 1 aliphatic rings. The van der Waals surface area contributed by atoms with Gasteiger partial charge in [0.25, 0.3) is 5.91 Å². The summed E-state index contributed by atoms with van der Waals surface area (Å²) in [6.07, 6.45) is 1.61. The fourth-order valence-electron chi connectivity index (χ4n) is 1.69. The number of imide groups is 1. The second kappa shape index (κ2) is 5.65. The second-order valence-corrected chi connectivity index (χ2v) is 6.20. The van der Waals surface area contributed by atoms with Crippen LogP contribution in [0.5, 0.6) is 5.75 Å². The number of nitrogens with zero attached hydrogens (tertiary/aromatic N) is 1. The third kappa shape index (κ3) is 2.86. The van der Waals surface area contributed by atoms with Gasteiger partial charge in [0.05, 0.1) is 7.14 Å². The van der Waals surface area contributed by atoms with Crippen molar-refractivity contribution in [2.45, 2.75) is 6.92 Å². The summed E-state index contributed by atoms with van der Waals surface area (Å²) in [5.74, 6) is -0.106. The largest absolute Gasteiger partial charge is 0.506 e. The quantitative estimate of drug-likeness (QED) is 0.386. The van der Waals surface area contributed by atoms with E-state index in [9.17, 15) is 14.7 Å². The number of halogens is 2. The Morgan fingerprint density at radius 1 is 1.32 bits per heavy atom. The smallest absolute Gasteiger partial charge is 0.328 e. The van der Waals surface area contributed by atoms with Crippen LogP contribution in [-0.4, -0.2) is 28.5 Å². The van der Waals surface area contributed by atoms with E-state index >= 15 is 0 Å². The van der Waals surface area contributed by atoms with Crippen molar-refractivity contribution in [3.8, 4) is 5.75 Å². The third-order valence-electron chi connectivity index (χ3n) is 2.63. The van der Waals surface area contributed by atoms with Crippen molar-refractivity contribution in [1.82, 2.24) is 10.2 Å². The molecule has 3 amide bonds. The van der Waals surface area contributed by atoms with Crippen molar-refractivity contribution in [3.63, 3.8) is 0 Å². The molecular formula is C12H10I2N2O3. The summed E-state index contributed by atoms with van der Waals surface area (Å²) >= 11 is 4.03. The lowest BCUT2D eigenvalue weighted by atomic mass is 10.2. The van der Waals surface area contributed by atoms with Crippen molar-refractivity contribution in [2.24, 2.45) is 0 Å². The van der Waals surface area contributed by atoms with Gasteiger partial charge in [0.2, 0.25) is 0 Å². The molecule has 2 rings (SSSR count). The van der Waals surface area contributed by atoms with E-state index in [1.807, 2.05) is 45.2 Å². The van der Waals surface area contributed by atoms with Crippen LogP contribution in [0.4, 0.5) is 4.79 Å². The summed E-state index contributed by atoms with van der Waals surface area (Å²) in [5, 5.41) is 12.2. The van der Waals surface area contributed by atoms with Gasteiger partial charge in [0.15, 0.2) is 0 Å². The Hall–Kier alpha value is -0.840. The van der Waals surface area contributed by atoms with E-state index in [1.54, 1.807) is 25.1 Å². The van der Waals surface area contributed by atoms with Gasteiger partial charge in [-0.2, -0.15) is 0 Å². The number of benzene rings is 1. The van der Waals surface area contributed by atoms with Crippen LogP contribution in [-0.2, 0) is 4.79 Å². The van der Waals surface area contributed by atoms with Gasteiger partial charge < -0.3 is 10.4 Å². The normalized spacial score (nSPS) is 17.2. The van der Waals surface area contributed by atoms with E-state index < -0.39 is 6.03 Å². The van der Waals surface area contributed by atoms with E-state index in [4.69, 9.17) is 0 Å². The van der Waals surface area contributed by atoms with Gasteiger partial charge in [-0.3, -0.25) is 9.69 Å². The molecule has 1 heterocycles. The molecule has 0 spiro atoms. The van der Waals surface area contributed by atoms with Crippen LogP contribution in [0.2, 0.25) is 0 Å². The number of amides is 3. The maximum atomic E-state index is 11.9. The van der Waals surface area contributed by atoms with Crippen molar-refractivity contribution >= 4 is 63.2 Å². The van der Waals surface area contributed by atoms with Crippen LogP contribution in [0.15, 0.2) is 17.8 Å². The highest BCUT2D eigenvalue weighted by Crippen LogP contribution is 2.28. The lowest BCUT2D eigenvalue weighted by Gasteiger charge is -2.06. The first kappa shape index (κ1) is 14.6. The molecule has 0 saturated carbocycles. The summed E-state index contributed by atoms with van der Waals surface area (Å²) in [6, 6.07) is 3.10. The molecule has 5 nitrogen and oxygen atoms in total. The summed E-state index contributed by atoms with van der Waals surface area (Å²) in [6.45, 7) is 2.08. The molecule has 0 bridgehead atoms. The van der Waals surface area contributed by atoms with Gasteiger partial charge in [-0.1, -0.05) is 0 Å². The van der Waals surface area contributed by atoms with Crippen LogP contribution < -0.4 is 5.32 Å². The Morgan fingerprint density at radius 2 is 1.89 bits per heavy atom. The Kier molecular flexibility index (Phi) is 4.33. The molecule has 1 aromatic carbocycles. The first-order chi connectivity index (χ1) is 8.93. The van der Waals surface area contributed by atoms with E-state index in [2.05, 4.69) is 5.32 Å². The number of carbonyl (C=O) groups excluding carboxylic acids is 2. The number of likely N-dealkylation sites (N-methyl/N-ethyl adjacent to an activating group) is 1. The molecule has 0 aliphatic carbocycles. The molecule has 100 valence electrons.